The van der Waals surface area contributed by atoms with E-state index in [2.05, 4.69) is 35.8 Å². The quantitative estimate of drug-likeness (QED) is 0.639. The standard InChI is InChI=1S/C10H24N4/c1-12(2)8-10-9-14(5-4-11)7-6-13(10)3/h10H,4-9,11H2,1-3H3. The van der Waals surface area contributed by atoms with Gasteiger partial charge < -0.3 is 10.6 Å². The van der Waals surface area contributed by atoms with E-state index in [1.807, 2.05) is 0 Å². The molecule has 4 heteroatoms. The van der Waals surface area contributed by atoms with Gasteiger partial charge in [-0.05, 0) is 21.1 Å². The van der Waals surface area contributed by atoms with Crippen molar-refractivity contribution < 1.29 is 0 Å². The molecule has 0 spiro atoms. The SMILES string of the molecule is CN(C)CC1CN(CCN)CCN1C. The maximum absolute atomic E-state index is 5.58. The molecule has 1 saturated heterocycles. The van der Waals surface area contributed by atoms with Crippen LogP contribution in [0.4, 0.5) is 0 Å². The van der Waals surface area contributed by atoms with Crippen LogP contribution < -0.4 is 5.73 Å². The monoisotopic (exact) mass is 200 g/mol. The second-order valence-electron chi connectivity index (χ2n) is 4.49. The lowest BCUT2D eigenvalue weighted by molar-refractivity contribution is 0.0812. The van der Waals surface area contributed by atoms with E-state index in [-0.39, 0.29) is 0 Å². The van der Waals surface area contributed by atoms with Crippen molar-refractivity contribution in [3.05, 3.63) is 0 Å². The summed E-state index contributed by atoms with van der Waals surface area (Å²) >= 11 is 0. The minimum atomic E-state index is 0.658. The molecule has 1 fully saturated rings. The highest BCUT2D eigenvalue weighted by atomic mass is 15.3. The fourth-order valence-electron chi connectivity index (χ4n) is 2.01. The van der Waals surface area contributed by atoms with E-state index in [1.54, 1.807) is 0 Å². The predicted octanol–water partition coefficient (Wildman–Crippen LogP) is -0.877. The Hall–Kier alpha value is -0.160. The van der Waals surface area contributed by atoms with Crippen molar-refractivity contribution in [2.24, 2.45) is 5.73 Å². The molecular weight excluding hydrogens is 176 g/mol. The van der Waals surface area contributed by atoms with E-state index < -0.39 is 0 Å². The normalized spacial score (nSPS) is 25.9. The summed E-state index contributed by atoms with van der Waals surface area (Å²) in [6.07, 6.45) is 0. The van der Waals surface area contributed by atoms with Gasteiger partial charge in [0.1, 0.15) is 0 Å². The Morgan fingerprint density at radius 3 is 2.64 bits per heavy atom. The molecule has 0 aliphatic carbocycles. The molecule has 0 radical (unpaired) electrons. The highest BCUT2D eigenvalue weighted by Gasteiger charge is 2.23. The minimum absolute atomic E-state index is 0.658. The molecule has 0 aromatic carbocycles. The van der Waals surface area contributed by atoms with Crippen LogP contribution in [0.1, 0.15) is 0 Å². The van der Waals surface area contributed by atoms with E-state index in [0.29, 0.717) is 6.04 Å². The molecule has 1 aliphatic rings. The first-order valence-electron chi connectivity index (χ1n) is 5.41. The van der Waals surface area contributed by atoms with E-state index >= 15 is 0 Å². The number of piperazine rings is 1. The third-order valence-electron chi connectivity index (χ3n) is 2.88. The van der Waals surface area contributed by atoms with Crippen molar-refractivity contribution >= 4 is 0 Å². The zero-order chi connectivity index (χ0) is 10.6. The molecular formula is C10H24N4. The Balaban J connectivity index is 2.38. The highest BCUT2D eigenvalue weighted by molar-refractivity contribution is 4.81. The summed E-state index contributed by atoms with van der Waals surface area (Å²) in [5.74, 6) is 0. The smallest absolute Gasteiger partial charge is 0.0347 e. The third kappa shape index (κ3) is 3.53. The Morgan fingerprint density at radius 2 is 2.07 bits per heavy atom. The second kappa shape index (κ2) is 5.66. The molecule has 0 aromatic rings. The summed E-state index contributed by atoms with van der Waals surface area (Å²) in [7, 11) is 6.49. The van der Waals surface area contributed by atoms with Crippen LogP contribution in [0.15, 0.2) is 0 Å². The van der Waals surface area contributed by atoms with E-state index in [0.717, 1.165) is 32.7 Å². The summed E-state index contributed by atoms with van der Waals surface area (Å²) in [5, 5.41) is 0. The Kier molecular flexibility index (Phi) is 4.81. The molecule has 1 atom stereocenters. The first-order valence-corrected chi connectivity index (χ1v) is 5.41. The third-order valence-corrected chi connectivity index (χ3v) is 2.88. The maximum Gasteiger partial charge on any atom is 0.0347 e. The summed E-state index contributed by atoms with van der Waals surface area (Å²) in [4.78, 5) is 7.17. The molecule has 1 heterocycles. The van der Waals surface area contributed by atoms with Gasteiger partial charge in [0.05, 0.1) is 0 Å². The van der Waals surface area contributed by atoms with Gasteiger partial charge in [-0.15, -0.1) is 0 Å². The molecule has 14 heavy (non-hydrogen) atoms. The lowest BCUT2D eigenvalue weighted by atomic mass is 10.1. The number of rotatable bonds is 4. The second-order valence-corrected chi connectivity index (χ2v) is 4.49. The van der Waals surface area contributed by atoms with Crippen molar-refractivity contribution in [3.63, 3.8) is 0 Å². The van der Waals surface area contributed by atoms with E-state index in [9.17, 15) is 0 Å². The van der Waals surface area contributed by atoms with Crippen molar-refractivity contribution in [3.8, 4) is 0 Å². The van der Waals surface area contributed by atoms with Gasteiger partial charge in [-0.3, -0.25) is 9.80 Å². The average molecular weight is 200 g/mol. The average Bonchev–Trinajstić information content (AvgIpc) is 2.10. The highest BCUT2D eigenvalue weighted by Crippen LogP contribution is 2.07. The Bertz CT molecular complexity index is 160. The molecule has 1 unspecified atom stereocenters. The van der Waals surface area contributed by atoms with Crippen molar-refractivity contribution in [1.29, 1.82) is 0 Å². The molecule has 2 N–H and O–H groups in total. The summed E-state index contributed by atoms with van der Waals surface area (Å²) in [5.41, 5.74) is 5.58. The molecule has 0 aromatic heterocycles. The number of nitrogens with two attached hydrogens (primary N) is 1. The van der Waals surface area contributed by atoms with Crippen LogP contribution in [-0.4, -0.2) is 81.2 Å². The maximum atomic E-state index is 5.58. The van der Waals surface area contributed by atoms with E-state index in [4.69, 9.17) is 5.73 Å². The molecule has 0 amide bonds. The fraction of sp³-hybridized carbons (Fsp3) is 1.00. The van der Waals surface area contributed by atoms with Crippen LogP contribution in [0, 0.1) is 0 Å². The van der Waals surface area contributed by atoms with Crippen LogP contribution in [-0.2, 0) is 0 Å². The van der Waals surface area contributed by atoms with Crippen LogP contribution in [0.25, 0.3) is 0 Å². The van der Waals surface area contributed by atoms with Crippen molar-refractivity contribution in [2.45, 2.75) is 6.04 Å². The molecule has 1 aliphatic heterocycles. The van der Waals surface area contributed by atoms with Gasteiger partial charge in [-0.2, -0.15) is 0 Å². The lowest BCUT2D eigenvalue weighted by Gasteiger charge is -2.40. The zero-order valence-corrected chi connectivity index (χ0v) is 9.74. The minimum Gasteiger partial charge on any atom is -0.329 e. The first kappa shape index (κ1) is 11.9. The first-order chi connectivity index (χ1) is 6.63. The van der Waals surface area contributed by atoms with Gasteiger partial charge in [0, 0.05) is 45.3 Å². The van der Waals surface area contributed by atoms with E-state index in [1.165, 1.54) is 6.54 Å². The largest absolute Gasteiger partial charge is 0.329 e. The van der Waals surface area contributed by atoms with Crippen LogP contribution in [0.3, 0.4) is 0 Å². The van der Waals surface area contributed by atoms with Gasteiger partial charge in [0.2, 0.25) is 0 Å². The van der Waals surface area contributed by atoms with Gasteiger partial charge in [-0.1, -0.05) is 0 Å². The Labute approximate surface area is 87.6 Å². The number of nitrogens with zero attached hydrogens (tertiary/aromatic N) is 3. The summed E-state index contributed by atoms with van der Waals surface area (Å²) in [6, 6.07) is 0.658. The molecule has 4 nitrogen and oxygen atoms in total. The molecule has 0 saturated carbocycles. The topological polar surface area (TPSA) is 35.7 Å². The van der Waals surface area contributed by atoms with Crippen LogP contribution in [0.2, 0.25) is 0 Å². The zero-order valence-electron chi connectivity index (χ0n) is 9.74. The summed E-state index contributed by atoms with van der Waals surface area (Å²) in [6.45, 7) is 6.44. The number of hydrogen-bond acceptors (Lipinski definition) is 4. The fourth-order valence-corrected chi connectivity index (χ4v) is 2.01. The number of hydrogen-bond donors (Lipinski definition) is 1. The van der Waals surface area contributed by atoms with Gasteiger partial charge >= 0.3 is 0 Å². The van der Waals surface area contributed by atoms with Crippen molar-refractivity contribution in [1.82, 2.24) is 14.7 Å². The van der Waals surface area contributed by atoms with Crippen molar-refractivity contribution in [2.75, 3.05) is 60.4 Å². The van der Waals surface area contributed by atoms with Gasteiger partial charge in [0.15, 0.2) is 0 Å². The molecule has 84 valence electrons. The van der Waals surface area contributed by atoms with Gasteiger partial charge in [-0.25, -0.2) is 0 Å². The molecule has 1 rings (SSSR count). The van der Waals surface area contributed by atoms with Crippen LogP contribution >= 0.6 is 0 Å². The summed E-state index contributed by atoms with van der Waals surface area (Å²) < 4.78 is 0. The van der Waals surface area contributed by atoms with Gasteiger partial charge in [0.25, 0.3) is 0 Å². The van der Waals surface area contributed by atoms with Crippen LogP contribution in [0.5, 0.6) is 0 Å². The predicted molar refractivity (Wildman–Crippen MR) is 60.5 cm³/mol. The lowest BCUT2D eigenvalue weighted by Crippen LogP contribution is -2.55. The molecule has 0 bridgehead atoms. The number of likely N-dealkylation sites (N-methyl/N-ethyl adjacent to an activating group) is 2. The Morgan fingerprint density at radius 1 is 1.36 bits per heavy atom.